The first-order valence-corrected chi connectivity index (χ1v) is 6.89. The number of likely N-dealkylation sites (tertiary alicyclic amines) is 1. The van der Waals surface area contributed by atoms with Crippen molar-refractivity contribution in [2.75, 3.05) is 25.0 Å². The summed E-state index contributed by atoms with van der Waals surface area (Å²) in [6.07, 6.45) is 3.66. The molecule has 0 atom stereocenters. The Labute approximate surface area is 114 Å². The second-order valence-electron chi connectivity index (χ2n) is 5.03. The molecule has 3 N–H and O–H groups in total. The molecule has 0 saturated carbocycles. The van der Waals surface area contributed by atoms with Gasteiger partial charge in [-0.2, -0.15) is 0 Å². The van der Waals surface area contributed by atoms with E-state index in [1.807, 2.05) is 12.3 Å². The van der Waals surface area contributed by atoms with Crippen LogP contribution in [0.3, 0.4) is 0 Å². The summed E-state index contributed by atoms with van der Waals surface area (Å²) in [4.78, 5) is 17.8. The third-order valence-electron chi connectivity index (χ3n) is 3.58. The Balaban J connectivity index is 1.83. The van der Waals surface area contributed by atoms with E-state index in [9.17, 15) is 4.79 Å². The second kappa shape index (κ2) is 6.52. The number of hydrogen-bond acceptors (Lipinski definition) is 4. The number of anilines is 1. The molecule has 2 rings (SSSR count). The van der Waals surface area contributed by atoms with Gasteiger partial charge in [-0.3, -0.25) is 9.69 Å². The highest BCUT2D eigenvalue weighted by atomic mass is 16.1. The molecule has 5 nitrogen and oxygen atoms in total. The van der Waals surface area contributed by atoms with Gasteiger partial charge in [0.25, 0.3) is 0 Å². The number of amides is 1. The minimum absolute atomic E-state index is 0.0607. The number of carbonyl (C=O) groups is 1. The summed E-state index contributed by atoms with van der Waals surface area (Å²) in [5.41, 5.74) is 6.54. The summed E-state index contributed by atoms with van der Waals surface area (Å²) in [5, 5.41) is 3.18. The Kier molecular flexibility index (Phi) is 4.74. The zero-order valence-electron chi connectivity index (χ0n) is 11.4. The molecule has 1 saturated heterocycles. The third-order valence-corrected chi connectivity index (χ3v) is 3.58. The largest absolute Gasteiger partial charge is 0.370 e. The van der Waals surface area contributed by atoms with Crippen LogP contribution >= 0.6 is 0 Å². The highest BCUT2D eigenvalue weighted by Gasteiger charge is 2.22. The van der Waals surface area contributed by atoms with Gasteiger partial charge in [0, 0.05) is 25.2 Å². The number of nitrogens with two attached hydrogens (primary N) is 1. The first kappa shape index (κ1) is 13.8. The van der Waals surface area contributed by atoms with Crippen LogP contribution in [0, 0.1) is 5.92 Å². The minimum atomic E-state index is -0.156. The molecule has 0 spiro atoms. The van der Waals surface area contributed by atoms with Gasteiger partial charge in [0.05, 0.1) is 0 Å². The van der Waals surface area contributed by atoms with Crippen molar-refractivity contribution in [3.63, 3.8) is 0 Å². The van der Waals surface area contributed by atoms with E-state index >= 15 is 0 Å². The van der Waals surface area contributed by atoms with E-state index in [0.717, 1.165) is 44.8 Å². The fourth-order valence-corrected chi connectivity index (χ4v) is 2.44. The molecule has 0 radical (unpaired) electrons. The van der Waals surface area contributed by atoms with Gasteiger partial charge in [-0.15, -0.1) is 0 Å². The second-order valence-corrected chi connectivity index (χ2v) is 5.03. The van der Waals surface area contributed by atoms with Gasteiger partial charge in [0.1, 0.15) is 5.82 Å². The summed E-state index contributed by atoms with van der Waals surface area (Å²) in [6.45, 7) is 5.70. The molecule has 1 aliphatic heterocycles. The third kappa shape index (κ3) is 3.92. The lowest BCUT2D eigenvalue weighted by atomic mass is 9.96. The molecule has 1 aliphatic rings. The summed E-state index contributed by atoms with van der Waals surface area (Å²) >= 11 is 0. The monoisotopic (exact) mass is 262 g/mol. The van der Waals surface area contributed by atoms with E-state index in [-0.39, 0.29) is 11.8 Å². The molecular formula is C14H22N4O. The Morgan fingerprint density at radius 1 is 1.47 bits per heavy atom. The number of primary amides is 1. The number of nitrogens with zero attached hydrogens (tertiary/aromatic N) is 2. The van der Waals surface area contributed by atoms with E-state index in [1.165, 1.54) is 5.56 Å². The molecule has 5 heteroatoms. The summed E-state index contributed by atoms with van der Waals surface area (Å²) in [5.74, 6) is 0.820. The van der Waals surface area contributed by atoms with Gasteiger partial charge in [0.2, 0.25) is 5.91 Å². The Morgan fingerprint density at radius 3 is 2.74 bits per heavy atom. The van der Waals surface area contributed by atoms with E-state index in [2.05, 4.69) is 28.2 Å². The SMILES string of the molecule is CCNc1ccc(CN2CCC(C(N)=O)CC2)cn1. The summed E-state index contributed by atoms with van der Waals surface area (Å²) < 4.78 is 0. The first-order chi connectivity index (χ1) is 9.19. The maximum atomic E-state index is 11.1. The molecule has 19 heavy (non-hydrogen) atoms. The van der Waals surface area contributed by atoms with Gasteiger partial charge < -0.3 is 11.1 Å². The van der Waals surface area contributed by atoms with Crippen molar-refractivity contribution in [1.82, 2.24) is 9.88 Å². The maximum Gasteiger partial charge on any atom is 0.220 e. The number of aromatic nitrogens is 1. The molecule has 0 bridgehead atoms. The minimum Gasteiger partial charge on any atom is -0.370 e. The molecule has 2 heterocycles. The van der Waals surface area contributed by atoms with Crippen molar-refractivity contribution >= 4 is 11.7 Å². The molecule has 0 aromatic carbocycles. The van der Waals surface area contributed by atoms with Crippen molar-refractivity contribution in [1.29, 1.82) is 0 Å². The Hall–Kier alpha value is -1.62. The zero-order chi connectivity index (χ0) is 13.7. The topological polar surface area (TPSA) is 71.2 Å². The predicted molar refractivity (Wildman–Crippen MR) is 75.6 cm³/mol. The molecular weight excluding hydrogens is 240 g/mol. The fraction of sp³-hybridized carbons (Fsp3) is 0.571. The van der Waals surface area contributed by atoms with Crippen LogP contribution in [0.2, 0.25) is 0 Å². The van der Waals surface area contributed by atoms with Gasteiger partial charge in [0.15, 0.2) is 0 Å². The number of pyridine rings is 1. The molecule has 1 amide bonds. The number of carbonyl (C=O) groups excluding carboxylic acids is 1. The summed E-state index contributed by atoms with van der Waals surface area (Å²) in [6, 6.07) is 4.11. The predicted octanol–water partition coefficient (Wildman–Crippen LogP) is 1.21. The zero-order valence-corrected chi connectivity index (χ0v) is 11.4. The van der Waals surface area contributed by atoms with Crippen LogP contribution in [0.4, 0.5) is 5.82 Å². The van der Waals surface area contributed by atoms with Crippen LogP contribution in [0.1, 0.15) is 25.3 Å². The molecule has 1 fully saturated rings. The van der Waals surface area contributed by atoms with E-state index in [4.69, 9.17) is 5.73 Å². The lowest BCUT2D eigenvalue weighted by molar-refractivity contribution is -0.123. The quantitative estimate of drug-likeness (QED) is 0.836. The van der Waals surface area contributed by atoms with Gasteiger partial charge in [-0.25, -0.2) is 4.98 Å². The number of nitrogens with one attached hydrogen (secondary N) is 1. The Morgan fingerprint density at radius 2 is 2.21 bits per heavy atom. The molecule has 104 valence electrons. The standard InChI is InChI=1S/C14H22N4O/c1-2-16-13-4-3-11(9-17-13)10-18-7-5-12(6-8-18)14(15)19/h3-4,9,12H,2,5-8,10H2,1H3,(H2,15,19)(H,16,17). The fourth-order valence-electron chi connectivity index (χ4n) is 2.44. The number of rotatable bonds is 5. The van der Waals surface area contributed by atoms with E-state index in [0.29, 0.717) is 0 Å². The first-order valence-electron chi connectivity index (χ1n) is 6.89. The highest BCUT2D eigenvalue weighted by Crippen LogP contribution is 2.18. The van der Waals surface area contributed by atoms with Gasteiger partial charge in [-0.05, 0) is 44.5 Å². The van der Waals surface area contributed by atoms with E-state index < -0.39 is 0 Å². The average Bonchev–Trinajstić information content (AvgIpc) is 2.42. The number of hydrogen-bond donors (Lipinski definition) is 2. The van der Waals surface area contributed by atoms with Crippen molar-refractivity contribution in [3.05, 3.63) is 23.9 Å². The molecule has 0 unspecified atom stereocenters. The van der Waals surface area contributed by atoms with Crippen molar-refractivity contribution < 1.29 is 4.79 Å². The average molecular weight is 262 g/mol. The lowest BCUT2D eigenvalue weighted by Gasteiger charge is -2.30. The van der Waals surface area contributed by atoms with Crippen molar-refractivity contribution in [3.8, 4) is 0 Å². The smallest absolute Gasteiger partial charge is 0.220 e. The van der Waals surface area contributed by atoms with Gasteiger partial charge in [-0.1, -0.05) is 6.07 Å². The van der Waals surface area contributed by atoms with Crippen LogP contribution in [-0.4, -0.2) is 35.4 Å². The molecule has 1 aromatic heterocycles. The van der Waals surface area contributed by atoms with E-state index in [1.54, 1.807) is 0 Å². The lowest BCUT2D eigenvalue weighted by Crippen LogP contribution is -2.38. The van der Waals surface area contributed by atoms with Crippen LogP contribution in [-0.2, 0) is 11.3 Å². The maximum absolute atomic E-state index is 11.1. The van der Waals surface area contributed by atoms with Crippen LogP contribution < -0.4 is 11.1 Å². The van der Waals surface area contributed by atoms with Crippen molar-refractivity contribution in [2.24, 2.45) is 11.7 Å². The van der Waals surface area contributed by atoms with Crippen molar-refractivity contribution in [2.45, 2.75) is 26.3 Å². The van der Waals surface area contributed by atoms with Crippen LogP contribution in [0.15, 0.2) is 18.3 Å². The number of piperidine rings is 1. The molecule has 1 aromatic rings. The summed E-state index contributed by atoms with van der Waals surface area (Å²) in [7, 11) is 0. The van der Waals surface area contributed by atoms with Crippen LogP contribution in [0.5, 0.6) is 0 Å². The Bertz CT molecular complexity index is 410. The molecule has 0 aliphatic carbocycles. The normalized spacial score (nSPS) is 17.3. The van der Waals surface area contributed by atoms with Crippen LogP contribution in [0.25, 0.3) is 0 Å². The highest BCUT2D eigenvalue weighted by molar-refractivity contribution is 5.76. The van der Waals surface area contributed by atoms with Gasteiger partial charge >= 0.3 is 0 Å².